The van der Waals surface area contributed by atoms with Gasteiger partial charge in [-0.3, -0.25) is 9.69 Å². The summed E-state index contributed by atoms with van der Waals surface area (Å²) < 4.78 is 0. The monoisotopic (exact) mass is 505 g/mol. The van der Waals surface area contributed by atoms with E-state index in [2.05, 4.69) is 4.99 Å². The number of carbonyl (C=O) groups excluding carboxylic acids is 1. The van der Waals surface area contributed by atoms with Gasteiger partial charge in [-0.25, -0.2) is 9.89 Å². The maximum atomic E-state index is 14.9. The molecular formula is C30H24ClN5O. The van der Waals surface area contributed by atoms with Crippen molar-refractivity contribution in [2.75, 3.05) is 4.90 Å². The molecule has 1 fully saturated rings. The summed E-state index contributed by atoms with van der Waals surface area (Å²) in [5.41, 5.74) is 9.30. The fraction of sp³-hybridized carbons (Fsp3) is 0.100. The van der Waals surface area contributed by atoms with Crippen molar-refractivity contribution >= 4 is 35.1 Å². The van der Waals surface area contributed by atoms with Crippen LogP contribution in [-0.4, -0.2) is 22.7 Å². The molecule has 0 aliphatic carbocycles. The number of aryl methyl sites for hydroxylation is 1. The molecule has 182 valence electrons. The lowest BCUT2D eigenvalue weighted by Crippen LogP contribution is -2.51. The van der Waals surface area contributed by atoms with Gasteiger partial charge in [-0.05, 0) is 47.9 Å². The highest BCUT2D eigenvalue weighted by atomic mass is 35.5. The fourth-order valence-electron chi connectivity index (χ4n) is 5.16. The largest absolute Gasteiger partial charge is 0.368 e. The van der Waals surface area contributed by atoms with E-state index in [0.29, 0.717) is 16.7 Å². The average molecular weight is 506 g/mol. The second kappa shape index (κ2) is 8.91. The number of carbonyl (C=O) groups is 1. The Bertz CT molecular complexity index is 1480. The van der Waals surface area contributed by atoms with E-state index in [1.807, 2.05) is 121 Å². The van der Waals surface area contributed by atoms with Crippen LogP contribution in [0.2, 0.25) is 5.02 Å². The molecule has 1 unspecified atom stereocenters. The second-order valence-electron chi connectivity index (χ2n) is 9.11. The Balaban J connectivity index is 1.68. The van der Waals surface area contributed by atoms with Gasteiger partial charge in [-0.1, -0.05) is 102 Å². The summed E-state index contributed by atoms with van der Waals surface area (Å²) in [6.45, 7) is 2.01. The molecule has 1 atom stereocenters. The number of hydrogen-bond donors (Lipinski definition) is 1. The third kappa shape index (κ3) is 3.60. The zero-order chi connectivity index (χ0) is 25.6. The van der Waals surface area contributed by atoms with Gasteiger partial charge in [0.15, 0.2) is 11.7 Å². The van der Waals surface area contributed by atoms with Crippen LogP contribution in [0.3, 0.4) is 0 Å². The van der Waals surface area contributed by atoms with Gasteiger partial charge < -0.3 is 5.73 Å². The maximum Gasteiger partial charge on any atom is 0.269 e. The van der Waals surface area contributed by atoms with E-state index >= 15 is 0 Å². The molecular weight excluding hydrogens is 482 g/mol. The Morgan fingerprint density at radius 3 is 1.95 bits per heavy atom. The molecule has 2 aliphatic rings. The van der Waals surface area contributed by atoms with Crippen molar-refractivity contribution in [2.45, 2.75) is 18.6 Å². The molecule has 2 heterocycles. The van der Waals surface area contributed by atoms with Crippen molar-refractivity contribution in [3.63, 3.8) is 0 Å². The first-order valence-electron chi connectivity index (χ1n) is 12.0. The standard InChI is InChI=1S/C30H24ClN5O/c1-20-12-18-25(19-13-20)35-27(37)30(22-8-4-2-5-9-22,23-10-6-3-7-11-23)36-26(33-28(32)34-29(35)36)21-14-16-24(31)17-15-21/h2-19,26H,1H3,(H2,32,33). The molecule has 4 aromatic carbocycles. The van der Waals surface area contributed by atoms with Crippen LogP contribution in [0.1, 0.15) is 28.4 Å². The Morgan fingerprint density at radius 2 is 1.38 bits per heavy atom. The van der Waals surface area contributed by atoms with Gasteiger partial charge >= 0.3 is 0 Å². The van der Waals surface area contributed by atoms with Crippen LogP contribution in [0.15, 0.2) is 119 Å². The summed E-state index contributed by atoms with van der Waals surface area (Å²) in [4.78, 5) is 28.0. The summed E-state index contributed by atoms with van der Waals surface area (Å²) in [5, 5.41) is 0.613. The van der Waals surface area contributed by atoms with Crippen molar-refractivity contribution in [1.29, 1.82) is 0 Å². The molecule has 2 aliphatic heterocycles. The lowest BCUT2D eigenvalue weighted by Gasteiger charge is -2.41. The van der Waals surface area contributed by atoms with Gasteiger partial charge in [0.2, 0.25) is 11.9 Å². The molecule has 6 nitrogen and oxygen atoms in total. The van der Waals surface area contributed by atoms with E-state index in [1.54, 1.807) is 4.90 Å². The molecule has 1 amide bonds. The summed E-state index contributed by atoms with van der Waals surface area (Å²) in [6.07, 6.45) is -0.621. The van der Waals surface area contributed by atoms with Gasteiger partial charge in [0, 0.05) is 5.02 Å². The number of anilines is 1. The third-order valence-electron chi connectivity index (χ3n) is 6.85. The smallest absolute Gasteiger partial charge is 0.269 e. The number of aliphatic imine (C=N–C) groups is 2. The molecule has 0 saturated carbocycles. The fourth-order valence-corrected chi connectivity index (χ4v) is 5.29. The lowest BCUT2D eigenvalue weighted by atomic mass is 9.80. The van der Waals surface area contributed by atoms with Crippen LogP contribution in [0.4, 0.5) is 5.69 Å². The second-order valence-corrected chi connectivity index (χ2v) is 9.55. The third-order valence-corrected chi connectivity index (χ3v) is 7.10. The van der Waals surface area contributed by atoms with Gasteiger partial charge in [-0.15, -0.1) is 0 Å². The van der Waals surface area contributed by atoms with Gasteiger partial charge in [0.05, 0.1) is 5.69 Å². The molecule has 37 heavy (non-hydrogen) atoms. The summed E-state index contributed by atoms with van der Waals surface area (Å²) in [6, 6.07) is 34.8. The van der Waals surface area contributed by atoms with E-state index < -0.39 is 11.7 Å². The summed E-state index contributed by atoms with van der Waals surface area (Å²) in [5.74, 6) is 0.374. The number of hydrogen-bond acceptors (Lipinski definition) is 5. The Morgan fingerprint density at radius 1 is 0.811 bits per heavy atom. The highest BCUT2D eigenvalue weighted by Gasteiger charge is 2.62. The molecule has 2 N–H and O–H groups in total. The SMILES string of the molecule is Cc1ccc(N2C(=O)C(c3ccccc3)(c3ccccc3)N3C2=NC(N)=NC3c2ccc(Cl)cc2)cc1. The molecule has 0 aromatic heterocycles. The predicted molar refractivity (Wildman–Crippen MR) is 147 cm³/mol. The summed E-state index contributed by atoms with van der Waals surface area (Å²) in [7, 11) is 0. The topological polar surface area (TPSA) is 74.3 Å². The van der Waals surface area contributed by atoms with Crippen LogP contribution < -0.4 is 10.6 Å². The highest BCUT2D eigenvalue weighted by molar-refractivity contribution is 6.30. The predicted octanol–water partition coefficient (Wildman–Crippen LogP) is 5.62. The van der Waals surface area contributed by atoms with Crippen LogP contribution in [-0.2, 0) is 10.3 Å². The maximum absolute atomic E-state index is 14.9. The molecule has 0 spiro atoms. The number of guanidine groups is 2. The number of rotatable bonds is 4. The number of nitrogens with two attached hydrogens (primary N) is 1. The van der Waals surface area contributed by atoms with E-state index in [0.717, 1.165) is 22.3 Å². The zero-order valence-electron chi connectivity index (χ0n) is 20.1. The quantitative estimate of drug-likeness (QED) is 0.391. The Hall–Kier alpha value is -4.42. The lowest BCUT2D eigenvalue weighted by molar-refractivity contribution is -0.124. The highest BCUT2D eigenvalue weighted by Crippen LogP contribution is 2.50. The Kier molecular flexibility index (Phi) is 5.54. The number of benzene rings is 4. The van der Waals surface area contributed by atoms with Crippen LogP contribution in [0, 0.1) is 6.92 Å². The summed E-state index contributed by atoms with van der Waals surface area (Å²) >= 11 is 6.22. The molecule has 6 rings (SSSR count). The average Bonchev–Trinajstić information content (AvgIpc) is 3.18. The first kappa shape index (κ1) is 23.0. The van der Waals surface area contributed by atoms with E-state index in [-0.39, 0.29) is 11.9 Å². The van der Waals surface area contributed by atoms with Gasteiger partial charge in [-0.2, -0.15) is 4.99 Å². The van der Waals surface area contributed by atoms with Crippen LogP contribution in [0.5, 0.6) is 0 Å². The molecule has 4 aromatic rings. The normalized spacial score (nSPS) is 18.3. The van der Waals surface area contributed by atoms with Gasteiger partial charge in [0.1, 0.15) is 0 Å². The number of fused-ring (bicyclic) bond motifs is 1. The minimum Gasteiger partial charge on any atom is -0.368 e. The van der Waals surface area contributed by atoms with E-state index in [9.17, 15) is 4.79 Å². The van der Waals surface area contributed by atoms with Crippen molar-refractivity contribution < 1.29 is 4.79 Å². The minimum atomic E-state index is -1.25. The number of nitrogens with zero attached hydrogens (tertiary/aromatic N) is 4. The molecule has 0 bridgehead atoms. The Labute approximate surface area is 220 Å². The first-order valence-corrected chi connectivity index (χ1v) is 12.4. The molecule has 7 heteroatoms. The van der Waals surface area contributed by atoms with Crippen LogP contribution in [0.25, 0.3) is 0 Å². The van der Waals surface area contributed by atoms with E-state index in [4.69, 9.17) is 22.3 Å². The first-order chi connectivity index (χ1) is 18.0. The zero-order valence-corrected chi connectivity index (χ0v) is 20.9. The number of amides is 1. The molecule has 0 radical (unpaired) electrons. The van der Waals surface area contributed by atoms with Crippen molar-refractivity contribution in [2.24, 2.45) is 15.7 Å². The van der Waals surface area contributed by atoms with Crippen molar-refractivity contribution in [3.8, 4) is 0 Å². The van der Waals surface area contributed by atoms with Crippen LogP contribution >= 0.6 is 11.6 Å². The van der Waals surface area contributed by atoms with Gasteiger partial charge in [0.25, 0.3) is 5.91 Å². The van der Waals surface area contributed by atoms with E-state index in [1.165, 1.54) is 0 Å². The van der Waals surface area contributed by atoms with Crippen molar-refractivity contribution in [1.82, 2.24) is 4.90 Å². The molecule has 1 saturated heterocycles. The number of halogens is 1. The minimum absolute atomic E-state index is 0.105. The van der Waals surface area contributed by atoms with Crippen molar-refractivity contribution in [3.05, 3.63) is 136 Å².